The van der Waals surface area contributed by atoms with Crippen molar-refractivity contribution in [3.8, 4) is 0 Å². The summed E-state index contributed by atoms with van der Waals surface area (Å²) in [6.45, 7) is 2.85. The van der Waals surface area contributed by atoms with Gasteiger partial charge >= 0.3 is 0 Å². The second-order valence-corrected chi connectivity index (χ2v) is 4.93. The molecule has 2 heterocycles. The van der Waals surface area contributed by atoms with Crippen molar-refractivity contribution < 1.29 is 0 Å². The Morgan fingerprint density at radius 3 is 2.94 bits per heavy atom. The number of rotatable bonds is 2. The number of fused-ring (bicyclic) bond motifs is 1. The highest BCUT2D eigenvalue weighted by Gasteiger charge is 2.26. The highest BCUT2D eigenvalue weighted by atomic mass is 35.5. The van der Waals surface area contributed by atoms with E-state index in [0.29, 0.717) is 5.92 Å². The number of hydrogen-bond acceptors (Lipinski definition) is 3. The molecule has 0 unspecified atom stereocenters. The van der Waals surface area contributed by atoms with Crippen LogP contribution in [-0.2, 0) is 0 Å². The molecule has 0 spiro atoms. The van der Waals surface area contributed by atoms with E-state index in [2.05, 4.69) is 16.0 Å². The second kappa shape index (κ2) is 4.17. The highest BCUT2D eigenvalue weighted by molar-refractivity contribution is 6.31. The molecule has 0 aliphatic carbocycles. The first-order chi connectivity index (χ1) is 8.28. The molecule has 17 heavy (non-hydrogen) atoms. The maximum absolute atomic E-state index is 5.97. The fourth-order valence-electron chi connectivity index (χ4n) is 2.30. The van der Waals surface area contributed by atoms with Gasteiger partial charge in [0, 0.05) is 41.3 Å². The van der Waals surface area contributed by atoms with Crippen LogP contribution in [-0.4, -0.2) is 24.6 Å². The first-order valence-corrected chi connectivity index (χ1v) is 6.15. The van der Waals surface area contributed by atoms with Crippen LogP contribution in [0.2, 0.25) is 5.02 Å². The predicted molar refractivity (Wildman–Crippen MR) is 71.5 cm³/mol. The van der Waals surface area contributed by atoms with E-state index < -0.39 is 0 Å². The van der Waals surface area contributed by atoms with Gasteiger partial charge in [0.15, 0.2) is 0 Å². The van der Waals surface area contributed by atoms with Crippen LogP contribution < -0.4 is 10.6 Å². The lowest BCUT2D eigenvalue weighted by atomic mass is 9.98. The summed E-state index contributed by atoms with van der Waals surface area (Å²) in [5.41, 5.74) is 7.83. The molecule has 2 aromatic rings. The van der Waals surface area contributed by atoms with Crippen molar-refractivity contribution in [1.29, 1.82) is 0 Å². The predicted octanol–water partition coefficient (Wildman–Crippen LogP) is 2.28. The molecule has 2 N–H and O–H groups in total. The average molecular weight is 248 g/mol. The minimum absolute atomic E-state index is 0.630. The Balaban J connectivity index is 2.00. The molecule has 0 amide bonds. The number of nitrogens with zero attached hydrogens (tertiary/aromatic N) is 2. The molecule has 0 radical (unpaired) electrons. The topological polar surface area (TPSA) is 42.1 Å². The normalized spacial score (nSPS) is 16.2. The van der Waals surface area contributed by atoms with Crippen LogP contribution in [0.3, 0.4) is 0 Å². The Labute approximate surface area is 105 Å². The van der Waals surface area contributed by atoms with Gasteiger partial charge in [0.2, 0.25) is 0 Å². The molecule has 0 atom stereocenters. The molecule has 1 fully saturated rings. The minimum atomic E-state index is 0.630. The van der Waals surface area contributed by atoms with E-state index in [1.54, 1.807) is 0 Å². The van der Waals surface area contributed by atoms with Gasteiger partial charge in [0.25, 0.3) is 0 Å². The lowest BCUT2D eigenvalue weighted by Gasteiger charge is -2.41. The van der Waals surface area contributed by atoms with Crippen LogP contribution in [0.4, 0.5) is 5.69 Å². The molecule has 3 nitrogen and oxygen atoms in total. The van der Waals surface area contributed by atoms with Crippen LogP contribution in [0, 0.1) is 5.92 Å². The van der Waals surface area contributed by atoms with Crippen LogP contribution in [0.5, 0.6) is 0 Å². The Morgan fingerprint density at radius 2 is 2.18 bits per heavy atom. The number of aromatic nitrogens is 1. The van der Waals surface area contributed by atoms with Gasteiger partial charge < -0.3 is 10.6 Å². The lowest BCUT2D eigenvalue weighted by Crippen LogP contribution is -2.50. The van der Waals surface area contributed by atoms with Gasteiger partial charge in [0.1, 0.15) is 0 Å². The number of pyridine rings is 1. The third-order valence-corrected chi connectivity index (χ3v) is 3.55. The fourth-order valence-corrected chi connectivity index (χ4v) is 2.46. The van der Waals surface area contributed by atoms with E-state index in [-0.39, 0.29) is 0 Å². The van der Waals surface area contributed by atoms with Gasteiger partial charge in [0.05, 0.1) is 5.52 Å². The zero-order valence-corrected chi connectivity index (χ0v) is 10.2. The lowest BCUT2D eigenvalue weighted by molar-refractivity contribution is 0.421. The maximum atomic E-state index is 5.97. The number of benzene rings is 1. The van der Waals surface area contributed by atoms with Gasteiger partial charge in [-0.05, 0) is 30.8 Å². The van der Waals surface area contributed by atoms with Gasteiger partial charge in [-0.25, -0.2) is 0 Å². The molecule has 1 aromatic heterocycles. The highest BCUT2D eigenvalue weighted by Crippen LogP contribution is 2.31. The van der Waals surface area contributed by atoms with Crippen LogP contribution in [0.25, 0.3) is 10.9 Å². The van der Waals surface area contributed by atoms with Crippen molar-refractivity contribution in [2.24, 2.45) is 11.7 Å². The van der Waals surface area contributed by atoms with Crippen LogP contribution in [0.1, 0.15) is 0 Å². The zero-order valence-electron chi connectivity index (χ0n) is 9.44. The van der Waals surface area contributed by atoms with E-state index in [4.69, 9.17) is 17.3 Å². The first kappa shape index (κ1) is 10.8. The second-order valence-electron chi connectivity index (χ2n) is 4.50. The maximum Gasteiger partial charge on any atom is 0.0737 e. The van der Waals surface area contributed by atoms with E-state index in [1.165, 1.54) is 5.69 Å². The Hall–Kier alpha value is -1.32. The van der Waals surface area contributed by atoms with Gasteiger partial charge in [-0.15, -0.1) is 0 Å². The molecule has 1 aliphatic heterocycles. The largest absolute Gasteiger partial charge is 0.370 e. The minimum Gasteiger partial charge on any atom is -0.370 e. The molecular formula is C13H14ClN3. The molecule has 1 aromatic carbocycles. The summed E-state index contributed by atoms with van der Waals surface area (Å²) in [4.78, 5) is 6.69. The van der Waals surface area contributed by atoms with E-state index in [1.807, 2.05) is 24.4 Å². The molecule has 88 valence electrons. The first-order valence-electron chi connectivity index (χ1n) is 5.77. The number of hydrogen-bond donors (Lipinski definition) is 1. The van der Waals surface area contributed by atoms with E-state index >= 15 is 0 Å². The van der Waals surface area contributed by atoms with Crippen LogP contribution >= 0.6 is 11.6 Å². The average Bonchev–Trinajstić information content (AvgIpc) is 2.27. The standard InChI is InChI=1S/C13H14ClN3/c14-10-1-2-11-12(5-10)16-4-3-13(11)17-7-9(6-15)8-17/h1-5,9H,6-8,15H2. The summed E-state index contributed by atoms with van der Waals surface area (Å²) >= 11 is 5.97. The number of halogens is 1. The molecule has 0 saturated carbocycles. The summed E-state index contributed by atoms with van der Waals surface area (Å²) in [6, 6.07) is 7.91. The Bertz CT molecular complexity index is 549. The number of nitrogens with two attached hydrogens (primary N) is 1. The summed E-state index contributed by atoms with van der Waals surface area (Å²) in [5, 5.41) is 1.89. The SMILES string of the molecule is NCC1CN(c2ccnc3cc(Cl)ccc23)C1. The third-order valence-electron chi connectivity index (χ3n) is 3.31. The fraction of sp³-hybridized carbons (Fsp3) is 0.308. The van der Waals surface area contributed by atoms with Crippen molar-refractivity contribution in [1.82, 2.24) is 4.98 Å². The Kier molecular flexibility index (Phi) is 2.65. The molecule has 3 rings (SSSR count). The molecule has 4 heteroatoms. The molecule has 0 bridgehead atoms. The Morgan fingerprint density at radius 1 is 1.35 bits per heavy atom. The molecule has 1 aliphatic rings. The third kappa shape index (κ3) is 1.85. The molecule has 1 saturated heterocycles. The quantitative estimate of drug-likeness (QED) is 0.885. The summed E-state index contributed by atoms with van der Waals surface area (Å²) < 4.78 is 0. The van der Waals surface area contributed by atoms with Crippen molar-refractivity contribution >= 4 is 28.2 Å². The van der Waals surface area contributed by atoms with E-state index in [0.717, 1.165) is 35.6 Å². The van der Waals surface area contributed by atoms with Crippen molar-refractivity contribution in [2.75, 3.05) is 24.5 Å². The summed E-state index contributed by atoms with van der Waals surface area (Å²) in [7, 11) is 0. The summed E-state index contributed by atoms with van der Waals surface area (Å²) in [5.74, 6) is 0.630. The smallest absolute Gasteiger partial charge is 0.0737 e. The van der Waals surface area contributed by atoms with Gasteiger partial charge in [-0.1, -0.05) is 11.6 Å². The van der Waals surface area contributed by atoms with Crippen molar-refractivity contribution in [3.05, 3.63) is 35.5 Å². The van der Waals surface area contributed by atoms with Crippen LogP contribution in [0.15, 0.2) is 30.5 Å². The monoisotopic (exact) mass is 247 g/mol. The van der Waals surface area contributed by atoms with Crippen molar-refractivity contribution in [2.45, 2.75) is 0 Å². The molecular weight excluding hydrogens is 234 g/mol. The summed E-state index contributed by atoms with van der Waals surface area (Å²) in [6.07, 6.45) is 1.84. The zero-order chi connectivity index (χ0) is 11.8. The van der Waals surface area contributed by atoms with Gasteiger partial charge in [-0.2, -0.15) is 0 Å². The van der Waals surface area contributed by atoms with Crippen molar-refractivity contribution in [3.63, 3.8) is 0 Å². The van der Waals surface area contributed by atoms with Gasteiger partial charge in [-0.3, -0.25) is 4.98 Å². The van der Waals surface area contributed by atoms with E-state index in [9.17, 15) is 0 Å². The number of anilines is 1.